The molecule has 1 aliphatic rings. The van der Waals surface area contributed by atoms with Crippen molar-refractivity contribution in [3.05, 3.63) is 77.4 Å². The fourth-order valence-electron chi connectivity index (χ4n) is 3.07. The normalized spacial score (nSPS) is 14.2. The van der Waals surface area contributed by atoms with E-state index >= 15 is 0 Å². The molecule has 4 rings (SSSR count). The van der Waals surface area contributed by atoms with Crippen LogP contribution >= 0.6 is 0 Å². The Kier molecular flexibility index (Phi) is 4.37. The van der Waals surface area contributed by atoms with Crippen molar-refractivity contribution in [1.82, 2.24) is 0 Å². The standard InChI is InChI=1S/C21H15F4NO2/c1-12-9-19-20(28-21(24,25)27-19)10-15(12)13-5-7-14(8-6-13)26-11-16-17(22)3-2-4-18(16)23/h2-10,26H,11H2,1H3. The number of aryl methyl sites for hydroxylation is 1. The summed E-state index contributed by atoms with van der Waals surface area (Å²) in [5.74, 6) is -1.26. The van der Waals surface area contributed by atoms with Crippen LogP contribution < -0.4 is 14.8 Å². The zero-order chi connectivity index (χ0) is 19.9. The van der Waals surface area contributed by atoms with Crippen LogP contribution in [0.2, 0.25) is 0 Å². The van der Waals surface area contributed by atoms with Gasteiger partial charge in [0.05, 0.1) is 0 Å². The highest BCUT2D eigenvalue weighted by Crippen LogP contribution is 2.44. The van der Waals surface area contributed by atoms with Gasteiger partial charge in [0.15, 0.2) is 11.5 Å². The third-order valence-corrected chi connectivity index (χ3v) is 4.48. The van der Waals surface area contributed by atoms with Gasteiger partial charge in [-0.05, 0) is 60.0 Å². The maximum atomic E-state index is 13.7. The maximum Gasteiger partial charge on any atom is 0.586 e. The molecule has 0 unspecified atom stereocenters. The molecule has 0 saturated carbocycles. The summed E-state index contributed by atoms with van der Waals surface area (Å²) in [6.07, 6.45) is -3.66. The van der Waals surface area contributed by atoms with Gasteiger partial charge in [-0.3, -0.25) is 0 Å². The largest absolute Gasteiger partial charge is 0.586 e. The number of hydrogen-bond acceptors (Lipinski definition) is 3. The van der Waals surface area contributed by atoms with Gasteiger partial charge in [0.1, 0.15) is 11.6 Å². The summed E-state index contributed by atoms with van der Waals surface area (Å²) >= 11 is 0. The third kappa shape index (κ3) is 3.47. The van der Waals surface area contributed by atoms with Crippen LogP contribution in [-0.2, 0) is 6.54 Å². The van der Waals surface area contributed by atoms with Gasteiger partial charge >= 0.3 is 6.29 Å². The van der Waals surface area contributed by atoms with Crippen molar-refractivity contribution in [3.8, 4) is 22.6 Å². The lowest BCUT2D eigenvalue weighted by Gasteiger charge is -2.11. The van der Waals surface area contributed by atoms with Gasteiger partial charge in [0, 0.05) is 17.8 Å². The van der Waals surface area contributed by atoms with E-state index < -0.39 is 17.9 Å². The highest BCUT2D eigenvalue weighted by Gasteiger charge is 2.43. The minimum Gasteiger partial charge on any atom is -0.395 e. The Morgan fingerprint density at radius 2 is 1.50 bits per heavy atom. The molecule has 7 heteroatoms. The molecule has 1 heterocycles. The Morgan fingerprint density at radius 3 is 2.14 bits per heavy atom. The molecule has 28 heavy (non-hydrogen) atoms. The van der Waals surface area contributed by atoms with Gasteiger partial charge in [-0.25, -0.2) is 8.78 Å². The van der Waals surface area contributed by atoms with Crippen LogP contribution in [0.5, 0.6) is 11.5 Å². The maximum absolute atomic E-state index is 13.7. The van der Waals surface area contributed by atoms with Crippen LogP contribution in [0.15, 0.2) is 54.6 Å². The number of nitrogens with one attached hydrogen (secondary N) is 1. The third-order valence-electron chi connectivity index (χ3n) is 4.48. The minimum atomic E-state index is -3.66. The Balaban J connectivity index is 1.53. The fraction of sp³-hybridized carbons (Fsp3) is 0.143. The lowest BCUT2D eigenvalue weighted by Crippen LogP contribution is -2.25. The van der Waals surface area contributed by atoms with Crippen LogP contribution in [0.25, 0.3) is 11.1 Å². The summed E-state index contributed by atoms with van der Waals surface area (Å²) in [5, 5.41) is 2.96. The molecule has 0 fully saturated rings. The summed E-state index contributed by atoms with van der Waals surface area (Å²) in [6.45, 7) is 1.78. The first-order valence-corrected chi connectivity index (χ1v) is 8.50. The fourth-order valence-corrected chi connectivity index (χ4v) is 3.07. The molecule has 0 radical (unpaired) electrons. The summed E-state index contributed by atoms with van der Waals surface area (Å²) in [5.41, 5.74) is 2.86. The van der Waals surface area contributed by atoms with Crippen molar-refractivity contribution >= 4 is 5.69 Å². The molecule has 1 aliphatic heterocycles. The molecule has 3 aromatic rings. The molecule has 3 nitrogen and oxygen atoms in total. The van der Waals surface area contributed by atoms with E-state index in [-0.39, 0.29) is 23.6 Å². The summed E-state index contributed by atoms with van der Waals surface area (Å²) < 4.78 is 62.8. The van der Waals surface area contributed by atoms with E-state index in [9.17, 15) is 17.6 Å². The molecular formula is C21H15F4NO2. The predicted octanol–water partition coefficient (Wildman–Crippen LogP) is 5.87. The second-order valence-electron chi connectivity index (χ2n) is 6.41. The zero-order valence-electron chi connectivity index (χ0n) is 14.7. The first-order chi connectivity index (χ1) is 13.3. The van der Waals surface area contributed by atoms with E-state index in [0.717, 1.165) is 11.1 Å². The lowest BCUT2D eigenvalue weighted by molar-refractivity contribution is -0.286. The average Bonchev–Trinajstić information content (AvgIpc) is 2.94. The minimum absolute atomic E-state index is 0.00329. The van der Waals surface area contributed by atoms with Crippen molar-refractivity contribution in [1.29, 1.82) is 0 Å². The Labute approximate surface area is 158 Å². The van der Waals surface area contributed by atoms with E-state index in [1.807, 2.05) is 0 Å². The number of alkyl halides is 2. The number of benzene rings is 3. The second-order valence-corrected chi connectivity index (χ2v) is 6.41. The van der Waals surface area contributed by atoms with Crippen molar-refractivity contribution in [3.63, 3.8) is 0 Å². The second kappa shape index (κ2) is 6.74. The van der Waals surface area contributed by atoms with Gasteiger partial charge in [-0.2, -0.15) is 0 Å². The number of halogens is 4. The van der Waals surface area contributed by atoms with Crippen LogP contribution in [0, 0.1) is 18.6 Å². The van der Waals surface area contributed by atoms with E-state index in [1.165, 1.54) is 30.3 Å². The topological polar surface area (TPSA) is 30.5 Å². The molecule has 0 aliphatic carbocycles. The van der Waals surface area contributed by atoms with Crippen molar-refractivity contribution in [2.45, 2.75) is 19.8 Å². The number of fused-ring (bicyclic) bond motifs is 1. The van der Waals surface area contributed by atoms with Crippen LogP contribution in [-0.4, -0.2) is 6.29 Å². The van der Waals surface area contributed by atoms with Crippen LogP contribution in [0.4, 0.5) is 23.2 Å². The van der Waals surface area contributed by atoms with Crippen molar-refractivity contribution < 1.29 is 27.0 Å². The van der Waals surface area contributed by atoms with E-state index in [1.54, 1.807) is 31.2 Å². The SMILES string of the molecule is Cc1cc2c(cc1-c1ccc(NCc3c(F)cccc3F)cc1)OC(F)(F)O2. The summed E-state index contributed by atoms with van der Waals surface area (Å²) in [7, 11) is 0. The predicted molar refractivity (Wildman–Crippen MR) is 96.5 cm³/mol. The Morgan fingerprint density at radius 1 is 0.893 bits per heavy atom. The molecule has 0 saturated heterocycles. The first-order valence-electron chi connectivity index (χ1n) is 8.50. The summed E-state index contributed by atoms with van der Waals surface area (Å²) in [4.78, 5) is 0. The number of hydrogen-bond donors (Lipinski definition) is 1. The van der Waals surface area contributed by atoms with E-state index in [2.05, 4.69) is 14.8 Å². The zero-order valence-corrected chi connectivity index (χ0v) is 14.7. The Bertz CT molecular complexity index is 1020. The molecule has 1 N–H and O–H groups in total. The monoisotopic (exact) mass is 389 g/mol. The number of ether oxygens (including phenoxy) is 2. The molecular weight excluding hydrogens is 374 g/mol. The number of rotatable bonds is 4. The quantitative estimate of drug-likeness (QED) is 0.566. The average molecular weight is 389 g/mol. The molecule has 144 valence electrons. The van der Waals surface area contributed by atoms with Gasteiger partial charge < -0.3 is 14.8 Å². The van der Waals surface area contributed by atoms with Crippen molar-refractivity contribution in [2.24, 2.45) is 0 Å². The highest BCUT2D eigenvalue weighted by atomic mass is 19.3. The van der Waals surface area contributed by atoms with E-state index in [0.29, 0.717) is 11.3 Å². The smallest absolute Gasteiger partial charge is 0.395 e. The molecule has 0 bridgehead atoms. The van der Waals surface area contributed by atoms with Crippen molar-refractivity contribution in [2.75, 3.05) is 5.32 Å². The summed E-state index contributed by atoms with van der Waals surface area (Å²) in [6, 6.07) is 13.8. The molecule has 0 spiro atoms. The van der Waals surface area contributed by atoms with Gasteiger partial charge in [-0.15, -0.1) is 8.78 Å². The first kappa shape index (κ1) is 18.2. The van der Waals surface area contributed by atoms with E-state index in [4.69, 9.17) is 0 Å². The number of anilines is 1. The van der Waals surface area contributed by atoms with Gasteiger partial charge in [0.2, 0.25) is 0 Å². The van der Waals surface area contributed by atoms with Gasteiger partial charge in [-0.1, -0.05) is 18.2 Å². The van der Waals surface area contributed by atoms with Crippen LogP contribution in [0.1, 0.15) is 11.1 Å². The van der Waals surface area contributed by atoms with Crippen LogP contribution in [0.3, 0.4) is 0 Å². The lowest BCUT2D eigenvalue weighted by atomic mass is 9.99. The Hall–Kier alpha value is -3.22. The van der Waals surface area contributed by atoms with Gasteiger partial charge in [0.25, 0.3) is 0 Å². The molecule has 0 amide bonds. The highest BCUT2D eigenvalue weighted by molar-refractivity contribution is 5.72. The molecule has 3 aromatic carbocycles. The molecule has 0 atom stereocenters. The molecule has 0 aromatic heterocycles.